The summed E-state index contributed by atoms with van der Waals surface area (Å²) < 4.78 is 5.44. The van der Waals surface area contributed by atoms with Crippen LogP contribution in [-0.4, -0.2) is 36.1 Å². The molecule has 2 rings (SSSR count). The molecule has 0 atom stereocenters. The molecule has 0 radical (unpaired) electrons. The first-order valence-electron chi connectivity index (χ1n) is 8.57. The molecule has 2 amide bonds. The molecule has 146 valence electrons. The third kappa shape index (κ3) is 6.52. The van der Waals surface area contributed by atoms with Gasteiger partial charge in [0.25, 0.3) is 17.5 Å². The zero-order valence-electron chi connectivity index (χ0n) is 15.3. The van der Waals surface area contributed by atoms with Gasteiger partial charge in [-0.1, -0.05) is 6.92 Å². The number of hydrogen-bond donors (Lipinski definition) is 2. The van der Waals surface area contributed by atoms with Crippen LogP contribution in [0.3, 0.4) is 0 Å². The van der Waals surface area contributed by atoms with Crippen molar-refractivity contribution in [3.05, 3.63) is 69.8 Å². The molecule has 0 aromatic heterocycles. The summed E-state index contributed by atoms with van der Waals surface area (Å²) in [6.45, 7) is 2.36. The fourth-order valence-electron chi connectivity index (χ4n) is 2.09. The fourth-order valence-corrected chi connectivity index (χ4v) is 2.09. The fraction of sp³-hybridized carbons (Fsp3) is 0.211. The molecule has 9 nitrogen and oxygen atoms in total. The maximum atomic E-state index is 12.0. The lowest BCUT2D eigenvalue weighted by Crippen LogP contribution is -2.34. The molecule has 0 aliphatic heterocycles. The summed E-state index contributed by atoms with van der Waals surface area (Å²) in [6, 6.07) is 12.3. The molecule has 0 bridgehead atoms. The Labute approximate surface area is 161 Å². The van der Waals surface area contributed by atoms with Gasteiger partial charge in [0.15, 0.2) is 0 Å². The number of rotatable bonds is 9. The monoisotopic (exact) mass is 384 g/mol. The average molecular weight is 384 g/mol. The van der Waals surface area contributed by atoms with Gasteiger partial charge >= 0.3 is 0 Å². The molecule has 28 heavy (non-hydrogen) atoms. The highest BCUT2D eigenvalue weighted by Gasteiger charge is 2.08. The van der Waals surface area contributed by atoms with Gasteiger partial charge in [0.2, 0.25) is 0 Å². The van der Waals surface area contributed by atoms with Crippen LogP contribution in [0.4, 0.5) is 5.69 Å². The van der Waals surface area contributed by atoms with E-state index in [4.69, 9.17) is 4.74 Å². The van der Waals surface area contributed by atoms with Gasteiger partial charge in [-0.2, -0.15) is 5.10 Å². The van der Waals surface area contributed by atoms with E-state index < -0.39 is 16.7 Å². The van der Waals surface area contributed by atoms with E-state index in [2.05, 4.69) is 15.8 Å². The zero-order chi connectivity index (χ0) is 20.4. The number of benzene rings is 2. The molecule has 0 fully saturated rings. The summed E-state index contributed by atoms with van der Waals surface area (Å²) in [5.41, 5.74) is 3.23. The van der Waals surface area contributed by atoms with Crippen LogP contribution in [0.5, 0.6) is 5.75 Å². The highest BCUT2D eigenvalue weighted by atomic mass is 16.6. The lowest BCUT2D eigenvalue weighted by Gasteiger charge is -2.06. The summed E-state index contributed by atoms with van der Waals surface area (Å²) in [4.78, 5) is 33.8. The molecule has 0 heterocycles. The number of carbonyl (C=O) groups excluding carboxylic acids is 2. The maximum Gasteiger partial charge on any atom is 0.269 e. The van der Waals surface area contributed by atoms with Crippen LogP contribution in [0.2, 0.25) is 0 Å². The normalized spacial score (nSPS) is 10.5. The smallest absolute Gasteiger partial charge is 0.269 e. The van der Waals surface area contributed by atoms with Gasteiger partial charge in [0, 0.05) is 17.7 Å². The minimum absolute atomic E-state index is 0.0335. The molecular weight excluding hydrogens is 364 g/mol. The van der Waals surface area contributed by atoms with Crippen molar-refractivity contribution in [2.45, 2.75) is 13.3 Å². The minimum Gasteiger partial charge on any atom is -0.494 e. The number of nitro groups is 1. The molecule has 2 N–H and O–H groups in total. The number of amides is 2. The van der Waals surface area contributed by atoms with E-state index in [1.165, 1.54) is 30.5 Å². The van der Waals surface area contributed by atoms with E-state index in [1.54, 1.807) is 24.3 Å². The highest BCUT2D eigenvalue weighted by molar-refractivity contribution is 5.96. The number of ether oxygens (including phenoxy) is 1. The van der Waals surface area contributed by atoms with Gasteiger partial charge in [0.05, 0.1) is 24.3 Å². The molecular formula is C19H20N4O5. The quantitative estimate of drug-likeness (QED) is 0.390. The molecule has 0 saturated heterocycles. The number of hydrogen-bond acceptors (Lipinski definition) is 6. The summed E-state index contributed by atoms with van der Waals surface area (Å²) in [5, 5.41) is 16.8. The van der Waals surface area contributed by atoms with Crippen molar-refractivity contribution in [3.63, 3.8) is 0 Å². The van der Waals surface area contributed by atoms with Crippen molar-refractivity contribution in [1.82, 2.24) is 10.7 Å². The first kappa shape index (κ1) is 20.6. The predicted octanol–water partition coefficient (Wildman–Crippen LogP) is 2.26. The van der Waals surface area contributed by atoms with E-state index in [-0.39, 0.29) is 12.2 Å². The zero-order valence-corrected chi connectivity index (χ0v) is 15.3. The van der Waals surface area contributed by atoms with Gasteiger partial charge in [-0.05, 0) is 48.4 Å². The Morgan fingerprint density at radius 3 is 2.43 bits per heavy atom. The van der Waals surface area contributed by atoms with E-state index in [1.807, 2.05) is 6.92 Å². The van der Waals surface area contributed by atoms with E-state index in [0.29, 0.717) is 23.5 Å². The van der Waals surface area contributed by atoms with Crippen LogP contribution in [-0.2, 0) is 4.79 Å². The summed E-state index contributed by atoms with van der Waals surface area (Å²) >= 11 is 0. The van der Waals surface area contributed by atoms with Crippen LogP contribution in [0, 0.1) is 10.1 Å². The Morgan fingerprint density at radius 2 is 1.82 bits per heavy atom. The Bertz CT molecular complexity index is 848. The number of nitrogens with zero attached hydrogens (tertiary/aromatic N) is 2. The molecule has 0 aliphatic carbocycles. The van der Waals surface area contributed by atoms with Crippen molar-refractivity contribution in [1.29, 1.82) is 0 Å². The van der Waals surface area contributed by atoms with E-state index >= 15 is 0 Å². The van der Waals surface area contributed by atoms with Crippen molar-refractivity contribution in [3.8, 4) is 5.75 Å². The van der Waals surface area contributed by atoms with Gasteiger partial charge < -0.3 is 10.1 Å². The van der Waals surface area contributed by atoms with Crippen LogP contribution in [0.25, 0.3) is 0 Å². The average Bonchev–Trinajstić information content (AvgIpc) is 2.71. The molecule has 0 spiro atoms. The number of non-ortho nitro benzene ring substituents is 1. The van der Waals surface area contributed by atoms with E-state index in [9.17, 15) is 19.7 Å². The highest BCUT2D eigenvalue weighted by Crippen LogP contribution is 2.12. The second kappa shape index (κ2) is 10.4. The standard InChI is InChI=1S/C19H20N4O5/c1-2-11-28-17-9-5-15(6-10-17)19(25)20-13-18(24)22-21-12-14-3-7-16(8-4-14)23(26)27/h3-10,12H,2,11,13H2,1H3,(H,20,25)(H,22,24)/b21-12-. The van der Waals surface area contributed by atoms with E-state index in [0.717, 1.165) is 6.42 Å². The molecule has 2 aromatic carbocycles. The molecule has 9 heteroatoms. The van der Waals surface area contributed by atoms with Crippen LogP contribution >= 0.6 is 0 Å². The Kier molecular flexibility index (Phi) is 7.64. The van der Waals surface area contributed by atoms with Crippen molar-refractivity contribution in [2.24, 2.45) is 5.10 Å². The first-order chi connectivity index (χ1) is 13.5. The maximum absolute atomic E-state index is 12.0. The SMILES string of the molecule is CCCOc1ccc(C(=O)NCC(=O)N/N=C\c2ccc([N+](=O)[O-])cc2)cc1. The van der Waals surface area contributed by atoms with Crippen molar-refractivity contribution >= 4 is 23.7 Å². The number of nitrogens with one attached hydrogen (secondary N) is 2. The van der Waals surface area contributed by atoms with Gasteiger partial charge in [-0.15, -0.1) is 0 Å². The van der Waals surface area contributed by atoms with Crippen LogP contribution in [0.15, 0.2) is 53.6 Å². The van der Waals surface area contributed by atoms with Crippen molar-refractivity contribution in [2.75, 3.05) is 13.2 Å². The van der Waals surface area contributed by atoms with Gasteiger partial charge in [-0.25, -0.2) is 5.43 Å². The summed E-state index contributed by atoms with van der Waals surface area (Å²) in [7, 11) is 0. The third-order valence-electron chi connectivity index (χ3n) is 3.51. The summed E-state index contributed by atoms with van der Waals surface area (Å²) in [6.07, 6.45) is 2.24. The van der Waals surface area contributed by atoms with Gasteiger partial charge in [-0.3, -0.25) is 19.7 Å². The second-order valence-electron chi connectivity index (χ2n) is 5.70. The van der Waals surface area contributed by atoms with Crippen LogP contribution in [0.1, 0.15) is 29.3 Å². The van der Waals surface area contributed by atoms with Crippen LogP contribution < -0.4 is 15.5 Å². The Morgan fingerprint density at radius 1 is 1.14 bits per heavy atom. The molecule has 0 saturated carbocycles. The second-order valence-corrected chi connectivity index (χ2v) is 5.70. The number of carbonyl (C=O) groups is 2. The summed E-state index contributed by atoms with van der Waals surface area (Å²) in [5.74, 6) is -0.220. The molecule has 0 aliphatic rings. The minimum atomic E-state index is -0.505. The first-order valence-corrected chi connectivity index (χ1v) is 8.57. The topological polar surface area (TPSA) is 123 Å². The van der Waals surface area contributed by atoms with Crippen molar-refractivity contribution < 1.29 is 19.2 Å². The lowest BCUT2D eigenvalue weighted by atomic mass is 10.2. The predicted molar refractivity (Wildman–Crippen MR) is 103 cm³/mol. The number of hydrazone groups is 1. The molecule has 0 unspecified atom stereocenters. The Balaban J connectivity index is 1.76. The lowest BCUT2D eigenvalue weighted by molar-refractivity contribution is -0.384. The number of nitro benzene ring substituents is 1. The van der Waals surface area contributed by atoms with Gasteiger partial charge in [0.1, 0.15) is 5.75 Å². The largest absolute Gasteiger partial charge is 0.494 e. The Hall–Kier alpha value is -3.75. The molecule has 2 aromatic rings. The third-order valence-corrected chi connectivity index (χ3v) is 3.51.